The Kier molecular flexibility index (Phi) is 31.1. The maximum atomic E-state index is 12.5. The molecule has 0 saturated carbocycles. The summed E-state index contributed by atoms with van der Waals surface area (Å²) in [5, 5.41) is 0. The molecule has 0 aliphatic rings. The van der Waals surface area contributed by atoms with Crippen molar-refractivity contribution in [1.82, 2.24) is 0 Å². The topological polar surface area (TPSA) is 78.9 Å². The van der Waals surface area contributed by atoms with Crippen molar-refractivity contribution in [3.63, 3.8) is 0 Å². The Morgan fingerprint density at radius 2 is 0.643 bits per heavy atom. The van der Waals surface area contributed by atoms with Gasteiger partial charge < -0.3 is 14.2 Å². The third-order valence-electron chi connectivity index (χ3n) is 7.86. The van der Waals surface area contributed by atoms with Crippen LogP contribution in [0.2, 0.25) is 0 Å². The lowest BCUT2D eigenvalue weighted by Gasteiger charge is -2.18. The smallest absolute Gasteiger partial charge is 0.306 e. The molecule has 0 radical (unpaired) electrons. The van der Waals surface area contributed by atoms with E-state index in [4.69, 9.17) is 14.2 Å². The van der Waals surface area contributed by atoms with Crippen molar-refractivity contribution in [2.24, 2.45) is 0 Å². The first-order chi connectivity index (χ1) is 20.5. The van der Waals surface area contributed by atoms with Gasteiger partial charge in [-0.05, 0) is 19.3 Å². The van der Waals surface area contributed by atoms with Crippen LogP contribution in [-0.2, 0) is 28.6 Å². The van der Waals surface area contributed by atoms with Crippen LogP contribution in [0.3, 0.4) is 0 Å². The Labute approximate surface area is 259 Å². The normalized spacial score (nSPS) is 11.8. The second-order valence-corrected chi connectivity index (χ2v) is 12.2. The predicted molar refractivity (Wildman–Crippen MR) is 173 cm³/mol. The molecule has 0 saturated heterocycles. The second kappa shape index (κ2) is 32.3. The molecule has 1 unspecified atom stereocenters. The van der Waals surface area contributed by atoms with E-state index in [0.29, 0.717) is 19.3 Å². The lowest BCUT2D eigenvalue weighted by atomic mass is 10.1. The van der Waals surface area contributed by atoms with Gasteiger partial charge in [0, 0.05) is 19.3 Å². The van der Waals surface area contributed by atoms with Gasteiger partial charge in [-0.25, -0.2) is 0 Å². The summed E-state index contributed by atoms with van der Waals surface area (Å²) in [6.45, 7) is 6.52. The van der Waals surface area contributed by atoms with Gasteiger partial charge in [-0.3, -0.25) is 14.4 Å². The molecule has 6 heteroatoms. The Hall–Kier alpha value is -1.59. The highest BCUT2D eigenvalue weighted by Gasteiger charge is 2.19. The molecule has 1 atom stereocenters. The van der Waals surface area contributed by atoms with E-state index >= 15 is 0 Å². The van der Waals surface area contributed by atoms with Gasteiger partial charge in [-0.1, -0.05) is 156 Å². The van der Waals surface area contributed by atoms with E-state index in [0.717, 1.165) is 57.8 Å². The van der Waals surface area contributed by atoms with Crippen molar-refractivity contribution in [2.75, 3.05) is 13.2 Å². The summed E-state index contributed by atoms with van der Waals surface area (Å²) in [5.41, 5.74) is 0. The zero-order chi connectivity index (χ0) is 30.9. The molecular weight excluding hydrogens is 528 g/mol. The van der Waals surface area contributed by atoms with Crippen LogP contribution in [0.5, 0.6) is 0 Å². The summed E-state index contributed by atoms with van der Waals surface area (Å²) in [6, 6.07) is 0. The molecule has 248 valence electrons. The van der Waals surface area contributed by atoms with Crippen LogP contribution >= 0.6 is 0 Å². The van der Waals surface area contributed by atoms with Crippen LogP contribution in [0.15, 0.2) is 0 Å². The molecule has 6 nitrogen and oxygen atoms in total. The van der Waals surface area contributed by atoms with E-state index in [1.165, 1.54) is 96.3 Å². The van der Waals surface area contributed by atoms with E-state index in [-0.39, 0.29) is 31.1 Å². The summed E-state index contributed by atoms with van der Waals surface area (Å²) < 4.78 is 16.5. The van der Waals surface area contributed by atoms with Crippen LogP contribution < -0.4 is 0 Å². The van der Waals surface area contributed by atoms with E-state index in [9.17, 15) is 14.4 Å². The second-order valence-electron chi connectivity index (χ2n) is 12.2. The fraction of sp³-hybridized carbons (Fsp3) is 0.917. The number of hydrogen-bond acceptors (Lipinski definition) is 6. The zero-order valence-corrected chi connectivity index (χ0v) is 28.0. The quantitative estimate of drug-likeness (QED) is 0.0436. The summed E-state index contributed by atoms with van der Waals surface area (Å²) in [4.78, 5) is 37.1. The first kappa shape index (κ1) is 40.4. The average Bonchev–Trinajstić information content (AvgIpc) is 2.98. The van der Waals surface area contributed by atoms with Gasteiger partial charge >= 0.3 is 17.9 Å². The molecule has 0 spiro atoms. The molecule has 0 aliphatic heterocycles. The molecule has 0 bridgehead atoms. The maximum Gasteiger partial charge on any atom is 0.306 e. The molecule has 0 aromatic rings. The molecule has 0 fully saturated rings. The van der Waals surface area contributed by atoms with Gasteiger partial charge in [0.15, 0.2) is 6.10 Å². The van der Waals surface area contributed by atoms with Crippen molar-refractivity contribution in [3.8, 4) is 0 Å². The number of hydrogen-bond donors (Lipinski definition) is 0. The Balaban J connectivity index is 4.34. The number of rotatable bonds is 32. The predicted octanol–water partition coefficient (Wildman–Crippen LogP) is 10.6. The minimum atomic E-state index is -0.753. The summed E-state index contributed by atoms with van der Waals surface area (Å²) in [5.74, 6) is -0.880. The first-order valence-corrected chi connectivity index (χ1v) is 18.0. The highest BCUT2D eigenvalue weighted by atomic mass is 16.6. The summed E-state index contributed by atoms with van der Waals surface area (Å²) in [7, 11) is 0. The van der Waals surface area contributed by atoms with Gasteiger partial charge in [-0.2, -0.15) is 0 Å². The largest absolute Gasteiger partial charge is 0.462 e. The maximum absolute atomic E-state index is 12.5. The van der Waals surface area contributed by atoms with Crippen LogP contribution in [0.25, 0.3) is 0 Å². The molecule has 0 aromatic carbocycles. The third kappa shape index (κ3) is 29.9. The van der Waals surface area contributed by atoms with Crippen LogP contribution in [0.1, 0.15) is 194 Å². The summed E-state index contributed by atoms with van der Waals surface area (Å²) in [6.07, 6.45) is 28.2. The van der Waals surface area contributed by atoms with Gasteiger partial charge in [0.1, 0.15) is 13.2 Å². The summed E-state index contributed by atoms with van der Waals surface area (Å²) >= 11 is 0. The number of carbonyl (C=O) groups is 3. The minimum Gasteiger partial charge on any atom is -0.462 e. The Morgan fingerprint density at radius 3 is 0.952 bits per heavy atom. The van der Waals surface area contributed by atoms with Crippen molar-refractivity contribution >= 4 is 17.9 Å². The fourth-order valence-corrected chi connectivity index (χ4v) is 5.09. The highest BCUT2D eigenvalue weighted by molar-refractivity contribution is 5.71. The van der Waals surface area contributed by atoms with Gasteiger partial charge in [0.2, 0.25) is 0 Å². The molecule has 0 N–H and O–H groups in total. The van der Waals surface area contributed by atoms with Gasteiger partial charge in [-0.15, -0.1) is 0 Å². The van der Waals surface area contributed by atoms with Crippen LogP contribution in [0, 0.1) is 0 Å². The van der Waals surface area contributed by atoms with E-state index in [1.807, 2.05) is 0 Å². The monoisotopic (exact) mass is 597 g/mol. The average molecular weight is 597 g/mol. The number of carbonyl (C=O) groups excluding carboxylic acids is 3. The molecule has 0 heterocycles. The SMILES string of the molecule is CCCCCCCCCCCC(=O)OCC(COC(=O)CCCCCCCCC)OC(=O)CCCCCCCCCC. The van der Waals surface area contributed by atoms with E-state index in [2.05, 4.69) is 20.8 Å². The standard InChI is InChI=1S/C36H68O6/c1-4-7-10-13-16-18-21-23-26-29-35(38)41-32-33(31-40-34(37)28-25-22-19-15-12-9-6-3)42-36(39)30-27-24-20-17-14-11-8-5-2/h33H,4-32H2,1-3H3. The van der Waals surface area contributed by atoms with E-state index in [1.54, 1.807) is 0 Å². The van der Waals surface area contributed by atoms with Crippen LogP contribution in [0.4, 0.5) is 0 Å². The number of ether oxygens (including phenoxy) is 3. The highest BCUT2D eigenvalue weighted by Crippen LogP contribution is 2.13. The van der Waals surface area contributed by atoms with Crippen molar-refractivity contribution in [2.45, 2.75) is 200 Å². The zero-order valence-electron chi connectivity index (χ0n) is 28.0. The lowest BCUT2D eigenvalue weighted by molar-refractivity contribution is -0.167. The van der Waals surface area contributed by atoms with E-state index < -0.39 is 6.10 Å². The molecular formula is C36H68O6. The minimum absolute atomic E-state index is 0.0653. The molecule has 0 amide bonds. The first-order valence-electron chi connectivity index (χ1n) is 18.0. The van der Waals surface area contributed by atoms with Crippen molar-refractivity contribution in [1.29, 1.82) is 0 Å². The lowest BCUT2D eigenvalue weighted by Crippen LogP contribution is -2.30. The van der Waals surface area contributed by atoms with Gasteiger partial charge in [0.05, 0.1) is 0 Å². The molecule has 42 heavy (non-hydrogen) atoms. The van der Waals surface area contributed by atoms with Crippen molar-refractivity contribution in [3.05, 3.63) is 0 Å². The van der Waals surface area contributed by atoms with Gasteiger partial charge in [0.25, 0.3) is 0 Å². The van der Waals surface area contributed by atoms with Crippen LogP contribution in [-0.4, -0.2) is 37.2 Å². The Morgan fingerprint density at radius 1 is 0.381 bits per heavy atom. The molecule has 0 aromatic heterocycles. The molecule has 0 aliphatic carbocycles. The number of esters is 3. The fourth-order valence-electron chi connectivity index (χ4n) is 5.09. The Bertz CT molecular complexity index is 620. The molecule has 0 rings (SSSR count). The third-order valence-corrected chi connectivity index (χ3v) is 7.86. The van der Waals surface area contributed by atoms with Crippen molar-refractivity contribution < 1.29 is 28.6 Å². The number of unbranched alkanes of at least 4 members (excludes halogenated alkanes) is 21.